The van der Waals surface area contributed by atoms with Gasteiger partial charge in [-0.1, -0.05) is 17.9 Å². The first-order valence-corrected chi connectivity index (χ1v) is 9.44. The van der Waals surface area contributed by atoms with Crippen molar-refractivity contribution in [2.75, 3.05) is 39.5 Å². The maximum atomic E-state index is 12.6. The summed E-state index contributed by atoms with van der Waals surface area (Å²) in [5.74, 6) is 0. The van der Waals surface area contributed by atoms with Gasteiger partial charge in [0.1, 0.15) is 6.61 Å². The molecule has 1 saturated carbocycles. The first kappa shape index (κ1) is 18.1. The Balaban J connectivity index is 1.59. The van der Waals surface area contributed by atoms with E-state index in [1.54, 1.807) is 4.57 Å². The standard InChI is InChI=1S/C17H24N6O4/c1-21-15(24)13-14(23(17(21)25)12-4-2-3-5-12)19-20-16(18-13)27-11-8-22-6-9-26-10-7-22/h12H,2-11H2,1H3. The number of fused-ring (bicyclic) bond motifs is 1. The van der Waals surface area contributed by atoms with E-state index >= 15 is 0 Å². The van der Waals surface area contributed by atoms with Crippen molar-refractivity contribution in [1.82, 2.24) is 29.2 Å². The summed E-state index contributed by atoms with van der Waals surface area (Å²) in [6.07, 6.45) is 3.91. The molecule has 0 aromatic carbocycles. The van der Waals surface area contributed by atoms with Gasteiger partial charge in [0, 0.05) is 32.7 Å². The van der Waals surface area contributed by atoms with E-state index < -0.39 is 5.56 Å². The highest BCUT2D eigenvalue weighted by Gasteiger charge is 2.24. The molecule has 0 bridgehead atoms. The smallest absolute Gasteiger partial charge is 0.336 e. The predicted molar refractivity (Wildman–Crippen MR) is 97.1 cm³/mol. The molecule has 3 heterocycles. The zero-order chi connectivity index (χ0) is 18.8. The number of aromatic nitrogens is 5. The van der Waals surface area contributed by atoms with Crippen molar-refractivity contribution in [3.8, 4) is 6.01 Å². The predicted octanol–water partition coefficient (Wildman–Crippen LogP) is -0.289. The van der Waals surface area contributed by atoms with Gasteiger partial charge in [-0.25, -0.2) is 4.79 Å². The normalized spacial score (nSPS) is 19.0. The van der Waals surface area contributed by atoms with Gasteiger partial charge in [-0.2, -0.15) is 4.98 Å². The van der Waals surface area contributed by atoms with Gasteiger partial charge in [0.25, 0.3) is 5.56 Å². The van der Waals surface area contributed by atoms with Gasteiger partial charge < -0.3 is 9.47 Å². The summed E-state index contributed by atoms with van der Waals surface area (Å²) in [6.45, 7) is 4.31. The van der Waals surface area contributed by atoms with Gasteiger partial charge in [-0.05, 0) is 12.8 Å². The molecule has 1 aliphatic heterocycles. The number of rotatable bonds is 5. The van der Waals surface area contributed by atoms with Crippen LogP contribution in [0.4, 0.5) is 0 Å². The zero-order valence-electron chi connectivity index (χ0n) is 15.5. The Morgan fingerprint density at radius 1 is 1.15 bits per heavy atom. The summed E-state index contributed by atoms with van der Waals surface area (Å²) in [5.41, 5.74) is -0.468. The maximum absolute atomic E-state index is 12.6. The van der Waals surface area contributed by atoms with E-state index in [0.29, 0.717) is 6.61 Å². The van der Waals surface area contributed by atoms with Crippen molar-refractivity contribution in [3.63, 3.8) is 0 Å². The number of nitrogens with zero attached hydrogens (tertiary/aromatic N) is 6. The molecule has 0 N–H and O–H groups in total. The van der Waals surface area contributed by atoms with Crippen LogP contribution in [0.5, 0.6) is 6.01 Å². The van der Waals surface area contributed by atoms with Crippen LogP contribution in [0.15, 0.2) is 9.59 Å². The Hall–Kier alpha value is -2.33. The third kappa shape index (κ3) is 3.59. The van der Waals surface area contributed by atoms with E-state index in [0.717, 1.165) is 63.1 Å². The number of hydrogen-bond acceptors (Lipinski definition) is 8. The molecule has 0 unspecified atom stereocenters. The van der Waals surface area contributed by atoms with Crippen molar-refractivity contribution in [2.45, 2.75) is 31.7 Å². The van der Waals surface area contributed by atoms with Crippen LogP contribution in [-0.4, -0.2) is 68.7 Å². The average Bonchev–Trinajstić information content (AvgIpc) is 3.22. The third-order valence-corrected chi connectivity index (χ3v) is 5.31. The molecule has 10 nitrogen and oxygen atoms in total. The third-order valence-electron chi connectivity index (χ3n) is 5.31. The van der Waals surface area contributed by atoms with Crippen LogP contribution >= 0.6 is 0 Å². The Kier molecular flexibility index (Phi) is 5.17. The zero-order valence-corrected chi connectivity index (χ0v) is 15.5. The molecule has 0 radical (unpaired) electrons. The summed E-state index contributed by atoms with van der Waals surface area (Å²) in [7, 11) is 1.47. The monoisotopic (exact) mass is 376 g/mol. The lowest BCUT2D eigenvalue weighted by Crippen LogP contribution is -2.40. The fourth-order valence-electron chi connectivity index (χ4n) is 3.75. The topological polar surface area (TPSA) is 104 Å². The fourth-order valence-corrected chi connectivity index (χ4v) is 3.75. The van der Waals surface area contributed by atoms with E-state index in [-0.39, 0.29) is 28.9 Å². The van der Waals surface area contributed by atoms with Gasteiger partial charge in [-0.15, -0.1) is 5.10 Å². The van der Waals surface area contributed by atoms with Crippen LogP contribution in [0.3, 0.4) is 0 Å². The van der Waals surface area contributed by atoms with Gasteiger partial charge in [-0.3, -0.25) is 18.8 Å². The molecule has 2 fully saturated rings. The molecule has 0 spiro atoms. The molecule has 146 valence electrons. The minimum atomic E-state index is -0.475. The highest BCUT2D eigenvalue weighted by molar-refractivity contribution is 5.68. The molecule has 2 aromatic rings. The van der Waals surface area contributed by atoms with Gasteiger partial charge in [0.05, 0.1) is 13.2 Å². The quantitative estimate of drug-likeness (QED) is 0.701. The van der Waals surface area contributed by atoms with Crippen LogP contribution in [0.2, 0.25) is 0 Å². The van der Waals surface area contributed by atoms with Crippen molar-refractivity contribution in [1.29, 1.82) is 0 Å². The van der Waals surface area contributed by atoms with Crippen molar-refractivity contribution in [3.05, 3.63) is 20.8 Å². The molecule has 1 saturated heterocycles. The molecule has 1 aliphatic carbocycles. The summed E-state index contributed by atoms with van der Waals surface area (Å²) in [5, 5.41) is 8.13. The molecule has 2 aromatic heterocycles. The van der Waals surface area contributed by atoms with E-state index in [4.69, 9.17) is 9.47 Å². The largest absolute Gasteiger partial charge is 0.461 e. The van der Waals surface area contributed by atoms with E-state index in [1.165, 1.54) is 7.05 Å². The number of hydrogen-bond donors (Lipinski definition) is 0. The Bertz CT molecular complexity index is 927. The molecule has 2 aliphatic rings. The average molecular weight is 376 g/mol. The van der Waals surface area contributed by atoms with Crippen molar-refractivity contribution >= 4 is 11.2 Å². The molecule has 4 rings (SSSR count). The summed E-state index contributed by atoms with van der Waals surface area (Å²) >= 11 is 0. The van der Waals surface area contributed by atoms with Gasteiger partial charge >= 0.3 is 11.7 Å². The summed E-state index contributed by atoms with van der Waals surface area (Å²) in [4.78, 5) is 31.6. The van der Waals surface area contributed by atoms with Crippen LogP contribution in [0.1, 0.15) is 31.7 Å². The molecule has 0 atom stereocenters. The number of morpholine rings is 1. The highest BCUT2D eigenvalue weighted by Crippen LogP contribution is 2.29. The highest BCUT2D eigenvalue weighted by atomic mass is 16.5. The lowest BCUT2D eigenvalue weighted by molar-refractivity contribution is 0.0316. The maximum Gasteiger partial charge on any atom is 0.336 e. The van der Waals surface area contributed by atoms with Crippen LogP contribution in [0.25, 0.3) is 11.2 Å². The van der Waals surface area contributed by atoms with E-state index in [9.17, 15) is 9.59 Å². The molecular weight excluding hydrogens is 352 g/mol. The lowest BCUT2D eigenvalue weighted by Gasteiger charge is -2.26. The van der Waals surface area contributed by atoms with E-state index in [2.05, 4.69) is 20.1 Å². The van der Waals surface area contributed by atoms with Crippen molar-refractivity contribution < 1.29 is 9.47 Å². The Labute approximate surface area is 155 Å². The first-order chi connectivity index (χ1) is 13.1. The fraction of sp³-hybridized carbons (Fsp3) is 0.706. The first-order valence-electron chi connectivity index (χ1n) is 9.44. The Morgan fingerprint density at radius 2 is 1.89 bits per heavy atom. The minimum absolute atomic E-state index is 0.0380. The SMILES string of the molecule is Cn1c(=O)c2nc(OCCN3CCOCC3)nnc2n(C2CCCC2)c1=O. The van der Waals surface area contributed by atoms with Crippen LogP contribution < -0.4 is 16.0 Å². The molecular formula is C17H24N6O4. The van der Waals surface area contributed by atoms with Crippen LogP contribution in [-0.2, 0) is 11.8 Å². The second-order valence-electron chi connectivity index (χ2n) is 7.02. The molecule has 10 heteroatoms. The lowest BCUT2D eigenvalue weighted by atomic mass is 10.2. The Morgan fingerprint density at radius 3 is 2.63 bits per heavy atom. The second kappa shape index (κ2) is 7.73. The molecule has 27 heavy (non-hydrogen) atoms. The minimum Gasteiger partial charge on any atom is -0.461 e. The summed E-state index contributed by atoms with van der Waals surface area (Å²) < 4.78 is 13.6. The summed E-state index contributed by atoms with van der Waals surface area (Å²) in [6, 6.07) is 0.0977. The van der Waals surface area contributed by atoms with E-state index in [1.807, 2.05) is 0 Å². The molecule has 0 amide bonds. The second-order valence-corrected chi connectivity index (χ2v) is 7.02. The van der Waals surface area contributed by atoms with Gasteiger partial charge in [0.15, 0.2) is 11.2 Å². The van der Waals surface area contributed by atoms with Crippen LogP contribution in [0, 0.1) is 0 Å². The number of ether oxygens (including phenoxy) is 2. The van der Waals surface area contributed by atoms with Gasteiger partial charge in [0.2, 0.25) is 0 Å². The van der Waals surface area contributed by atoms with Crippen molar-refractivity contribution in [2.24, 2.45) is 7.05 Å².